The van der Waals surface area contributed by atoms with Gasteiger partial charge >= 0.3 is 0 Å². The molecule has 22 heavy (non-hydrogen) atoms. The van der Waals surface area contributed by atoms with Crippen molar-refractivity contribution in [2.45, 2.75) is 31.3 Å². The minimum absolute atomic E-state index is 0.0876. The predicted octanol–water partition coefficient (Wildman–Crippen LogP) is 2.39. The molecule has 0 saturated carbocycles. The topological polar surface area (TPSA) is 55.3 Å². The largest absolute Gasteiger partial charge is 0.497 e. The van der Waals surface area contributed by atoms with E-state index in [-0.39, 0.29) is 18.0 Å². The van der Waals surface area contributed by atoms with Crippen molar-refractivity contribution in [2.24, 2.45) is 0 Å². The first kappa shape index (κ1) is 13.2. The average Bonchev–Trinajstić information content (AvgIpc) is 2.89. The minimum atomic E-state index is 0.0876. The zero-order chi connectivity index (χ0) is 15.1. The molecule has 2 atom stereocenters. The van der Waals surface area contributed by atoms with Crippen LogP contribution in [0.3, 0.4) is 0 Å². The van der Waals surface area contributed by atoms with Crippen LogP contribution in [0.1, 0.15) is 40.5 Å². The Hall–Kier alpha value is -2.43. The Morgan fingerprint density at radius 1 is 1.27 bits per heavy atom. The molecule has 2 aromatic rings. The van der Waals surface area contributed by atoms with E-state index in [2.05, 4.69) is 9.97 Å². The highest BCUT2D eigenvalue weighted by Crippen LogP contribution is 2.43. The van der Waals surface area contributed by atoms with Crippen LogP contribution in [0, 0.1) is 0 Å². The lowest BCUT2D eigenvalue weighted by Gasteiger charge is -2.35. The van der Waals surface area contributed by atoms with E-state index in [1.165, 1.54) is 0 Å². The summed E-state index contributed by atoms with van der Waals surface area (Å²) in [4.78, 5) is 23.5. The molecular formula is C17H17N3O2. The summed E-state index contributed by atoms with van der Waals surface area (Å²) in [5.41, 5.74) is 2.91. The van der Waals surface area contributed by atoms with E-state index in [4.69, 9.17) is 4.74 Å². The highest BCUT2D eigenvalue weighted by molar-refractivity contribution is 5.95. The van der Waals surface area contributed by atoms with Crippen molar-refractivity contribution in [2.75, 3.05) is 7.11 Å². The normalized spacial score (nSPS) is 22.3. The summed E-state index contributed by atoms with van der Waals surface area (Å²) in [6, 6.07) is 7.69. The zero-order valence-electron chi connectivity index (χ0n) is 12.4. The second kappa shape index (κ2) is 5.09. The van der Waals surface area contributed by atoms with Crippen molar-refractivity contribution in [3.05, 3.63) is 53.6 Å². The molecule has 1 saturated heterocycles. The molecule has 1 aromatic heterocycles. The van der Waals surface area contributed by atoms with Gasteiger partial charge in [-0.2, -0.15) is 0 Å². The SMILES string of the molecule is COc1ccc(C(=O)N2C3CCC2c2cncnc2C3)cc1. The number of fused-ring (bicyclic) bond motifs is 4. The second-order valence-corrected chi connectivity index (χ2v) is 5.82. The lowest BCUT2D eigenvalue weighted by atomic mass is 9.98. The summed E-state index contributed by atoms with van der Waals surface area (Å²) >= 11 is 0. The standard InChI is InChI=1S/C17H17N3O2/c1-22-13-5-2-11(3-6-13)17(21)20-12-4-7-16(20)14-9-18-10-19-15(14)8-12/h2-3,5-6,9-10,12,16H,4,7-8H2,1H3. The van der Waals surface area contributed by atoms with Gasteiger partial charge in [0.15, 0.2) is 0 Å². The van der Waals surface area contributed by atoms with Gasteiger partial charge in [-0.25, -0.2) is 9.97 Å². The molecule has 1 fully saturated rings. The number of carbonyl (C=O) groups excluding carboxylic acids is 1. The van der Waals surface area contributed by atoms with Gasteiger partial charge in [-0.15, -0.1) is 0 Å². The molecular weight excluding hydrogens is 278 g/mol. The third-order valence-corrected chi connectivity index (χ3v) is 4.69. The number of carbonyl (C=O) groups is 1. The highest BCUT2D eigenvalue weighted by atomic mass is 16.5. The fourth-order valence-electron chi connectivity index (χ4n) is 3.62. The zero-order valence-corrected chi connectivity index (χ0v) is 12.4. The smallest absolute Gasteiger partial charge is 0.254 e. The van der Waals surface area contributed by atoms with Gasteiger partial charge in [-0.3, -0.25) is 4.79 Å². The van der Waals surface area contributed by atoms with Crippen molar-refractivity contribution in [3.63, 3.8) is 0 Å². The van der Waals surface area contributed by atoms with Crippen LogP contribution in [0.2, 0.25) is 0 Å². The monoisotopic (exact) mass is 295 g/mol. The number of rotatable bonds is 2. The van der Waals surface area contributed by atoms with Gasteiger partial charge < -0.3 is 9.64 Å². The molecule has 2 aliphatic rings. The first-order valence-corrected chi connectivity index (χ1v) is 7.53. The molecule has 4 rings (SSSR count). The van der Waals surface area contributed by atoms with E-state index in [1.807, 2.05) is 35.4 Å². The number of amides is 1. The van der Waals surface area contributed by atoms with Crippen LogP contribution < -0.4 is 4.74 Å². The van der Waals surface area contributed by atoms with E-state index in [1.54, 1.807) is 13.4 Å². The minimum Gasteiger partial charge on any atom is -0.497 e. The van der Waals surface area contributed by atoms with Crippen molar-refractivity contribution in [1.29, 1.82) is 0 Å². The second-order valence-electron chi connectivity index (χ2n) is 5.82. The number of benzene rings is 1. The quantitative estimate of drug-likeness (QED) is 0.853. The highest BCUT2D eigenvalue weighted by Gasteiger charge is 2.43. The van der Waals surface area contributed by atoms with E-state index in [0.717, 1.165) is 36.3 Å². The van der Waals surface area contributed by atoms with E-state index >= 15 is 0 Å². The molecule has 0 aliphatic carbocycles. The summed E-state index contributed by atoms with van der Waals surface area (Å²) in [7, 11) is 1.62. The maximum Gasteiger partial charge on any atom is 0.254 e. The molecule has 5 nitrogen and oxygen atoms in total. The molecule has 3 heterocycles. The third-order valence-electron chi connectivity index (χ3n) is 4.69. The van der Waals surface area contributed by atoms with Gasteiger partial charge in [-0.05, 0) is 37.1 Å². The first-order valence-electron chi connectivity index (χ1n) is 7.53. The fourth-order valence-corrected chi connectivity index (χ4v) is 3.62. The fraction of sp³-hybridized carbons (Fsp3) is 0.353. The van der Waals surface area contributed by atoms with Crippen LogP contribution in [0.15, 0.2) is 36.8 Å². The molecule has 2 aliphatic heterocycles. The van der Waals surface area contributed by atoms with Crippen molar-refractivity contribution < 1.29 is 9.53 Å². The van der Waals surface area contributed by atoms with E-state index in [0.29, 0.717) is 5.56 Å². The molecule has 2 bridgehead atoms. The van der Waals surface area contributed by atoms with Crippen LogP contribution in [0.25, 0.3) is 0 Å². The van der Waals surface area contributed by atoms with E-state index in [9.17, 15) is 4.79 Å². The van der Waals surface area contributed by atoms with Crippen LogP contribution in [-0.2, 0) is 6.42 Å². The lowest BCUT2D eigenvalue weighted by molar-refractivity contribution is 0.0644. The predicted molar refractivity (Wildman–Crippen MR) is 80.7 cm³/mol. The van der Waals surface area contributed by atoms with Crippen molar-refractivity contribution in [1.82, 2.24) is 14.9 Å². The Kier molecular flexibility index (Phi) is 3.06. The molecule has 1 aromatic carbocycles. The molecule has 0 radical (unpaired) electrons. The number of ether oxygens (including phenoxy) is 1. The van der Waals surface area contributed by atoms with Crippen LogP contribution in [0.4, 0.5) is 0 Å². The summed E-state index contributed by atoms with van der Waals surface area (Å²) in [6.45, 7) is 0. The molecule has 1 amide bonds. The number of methoxy groups -OCH3 is 1. The molecule has 0 N–H and O–H groups in total. The Morgan fingerprint density at radius 3 is 2.86 bits per heavy atom. The summed E-state index contributed by atoms with van der Waals surface area (Å²) in [6.07, 6.45) is 6.31. The average molecular weight is 295 g/mol. The van der Waals surface area contributed by atoms with Crippen molar-refractivity contribution in [3.8, 4) is 5.75 Å². The molecule has 5 heteroatoms. The van der Waals surface area contributed by atoms with Crippen LogP contribution >= 0.6 is 0 Å². The van der Waals surface area contributed by atoms with Crippen molar-refractivity contribution >= 4 is 5.91 Å². The van der Waals surface area contributed by atoms with Gasteiger partial charge in [0.05, 0.1) is 18.8 Å². The van der Waals surface area contributed by atoms with Gasteiger partial charge in [-0.1, -0.05) is 0 Å². The Bertz CT molecular complexity index is 714. The van der Waals surface area contributed by atoms with E-state index < -0.39 is 0 Å². The number of hydrogen-bond donors (Lipinski definition) is 0. The maximum atomic E-state index is 12.9. The summed E-state index contributed by atoms with van der Waals surface area (Å²) in [5.74, 6) is 0.849. The van der Waals surface area contributed by atoms with Gasteiger partial charge in [0.1, 0.15) is 12.1 Å². The maximum absolute atomic E-state index is 12.9. The molecule has 112 valence electrons. The summed E-state index contributed by atoms with van der Waals surface area (Å²) < 4.78 is 5.15. The number of aromatic nitrogens is 2. The number of nitrogens with zero attached hydrogens (tertiary/aromatic N) is 3. The van der Waals surface area contributed by atoms with Gasteiger partial charge in [0, 0.05) is 29.8 Å². The van der Waals surface area contributed by atoms with Crippen LogP contribution in [0.5, 0.6) is 5.75 Å². The van der Waals surface area contributed by atoms with Crippen LogP contribution in [-0.4, -0.2) is 33.9 Å². The molecule has 0 spiro atoms. The van der Waals surface area contributed by atoms with Gasteiger partial charge in [0.2, 0.25) is 0 Å². The van der Waals surface area contributed by atoms with Gasteiger partial charge in [0.25, 0.3) is 5.91 Å². The first-order chi connectivity index (χ1) is 10.8. The Labute approximate surface area is 129 Å². The summed E-state index contributed by atoms with van der Waals surface area (Å²) in [5, 5.41) is 0. The molecule has 2 unspecified atom stereocenters. The number of hydrogen-bond acceptors (Lipinski definition) is 4. The Balaban J connectivity index is 1.67. The Morgan fingerprint density at radius 2 is 2.09 bits per heavy atom. The third kappa shape index (κ3) is 1.96. The lowest BCUT2D eigenvalue weighted by Crippen LogP contribution is -2.42.